The highest BCUT2D eigenvalue weighted by Crippen LogP contribution is 2.35. The van der Waals surface area contributed by atoms with Crippen molar-refractivity contribution in [3.05, 3.63) is 24.3 Å². The van der Waals surface area contributed by atoms with Crippen molar-refractivity contribution < 1.29 is 38.1 Å². The summed E-state index contributed by atoms with van der Waals surface area (Å²) in [6.07, 6.45) is 7.90. The number of carbonyl (C=O) groups is 1. The molecule has 0 amide bonds. The number of rotatable bonds is 5. The maximum absolute atomic E-state index is 12.8. The Labute approximate surface area is 179 Å². The summed E-state index contributed by atoms with van der Waals surface area (Å²) in [6, 6.07) is 1.99. The second kappa shape index (κ2) is 9.34. The van der Waals surface area contributed by atoms with Gasteiger partial charge >= 0.3 is 5.97 Å². The standard InChI is InChI=1S/C21H32N3O2.HI/c1-6-20-23(5)17-9-10-22-12-18(17)24(20)13-21(25)26-19-11-15(4)7-8-16(19)14(2)3;/h9-10,12,14-16,19H,6-8,11,13H2,1-5H3;1H/q+1;/p-1/t15-,16+,19-;/m1./s1. The van der Waals surface area contributed by atoms with Crippen molar-refractivity contribution in [3.8, 4) is 0 Å². The van der Waals surface area contributed by atoms with Gasteiger partial charge in [-0.2, -0.15) is 0 Å². The van der Waals surface area contributed by atoms with E-state index in [1.807, 2.05) is 19.3 Å². The molecule has 0 aliphatic heterocycles. The molecule has 1 aliphatic rings. The highest BCUT2D eigenvalue weighted by atomic mass is 127. The van der Waals surface area contributed by atoms with Gasteiger partial charge < -0.3 is 28.7 Å². The van der Waals surface area contributed by atoms with Crippen molar-refractivity contribution in [1.29, 1.82) is 0 Å². The van der Waals surface area contributed by atoms with E-state index in [9.17, 15) is 4.79 Å². The fraction of sp³-hybridized carbons (Fsp3) is 0.667. The largest absolute Gasteiger partial charge is 1.00 e. The second-order valence-corrected chi connectivity index (χ2v) is 8.13. The summed E-state index contributed by atoms with van der Waals surface area (Å²) in [5.41, 5.74) is 2.08. The van der Waals surface area contributed by atoms with Gasteiger partial charge in [0.2, 0.25) is 0 Å². The Morgan fingerprint density at radius 2 is 2.15 bits per heavy atom. The first-order valence-electron chi connectivity index (χ1n) is 9.92. The zero-order valence-electron chi connectivity index (χ0n) is 17.1. The van der Waals surface area contributed by atoms with Crippen molar-refractivity contribution in [2.24, 2.45) is 24.8 Å². The maximum Gasteiger partial charge on any atom is 0.348 e. The van der Waals surface area contributed by atoms with Crippen LogP contribution in [0.15, 0.2) is 18.5 Å². The maximum atomic E-state index is 12.8. The molecule has 0 spiro atoms. The average Bonchev–Trinajstić information content (AvgIpc) is 2.86. The van der Waals surface area contributed by atoms with Crippen molar-refractivity contribution in [3.63, 3.8) is 0 Å². The van der Waals surface area contributed by atoms with E-state index >= 15 is 0 Å². The van der Waals surface area contributed by atoms with Gasteiger partial charge in [-0.25, -0.2) is 13.9 Å². The summed E-state index contributed by atoms with van der Waals surface area (Å²) in [4.78, 5) is 17.0. The minimum absolute atomic E-state index is 0. The van der Waals surface area contributed by atoms with Gasteiger partial charge in [0.05, 0.1) is 13.2 Å². The van der Waals surface area contributed by atoms with E-state index in [2.05, 4.69) is 41.8 Å². The number of hydrogen-bond acceptors (Lipinski definition) is 3. The van der Waals surface area contributed by atoms with E-state index in [1.54, 1.807) is 6.20 Å². The van der Waals surface area contributed by atoms with Gasteiger partial charge in [-0.15, -0.1) is 0 Å². The Hall–Kier alpha value is -1.18. The molecule has 0 radical (unpaired) electrons. The average molecular weight is 485 g/mol. The lowest BCUT2D eigenvalue weighted by Gasteiger charge is -2.36. The molecule has 0 bridgehead atoms. The monoisotopic (exact) mass is 485 g/mol. The molecule has 2 aromatic heterocycles. The predicted molar refractivity (Wildman–Crippen MR) is 102 cm³/mol. The van der Waals surface area contributed by atoms with Crippen molar-refractivity contribution >= 4 is 17.0 Å². The van der Waals surface area contributed by atoms with Crippen LogP contribution in [-0.4, -0.2) is 21.6 Å². The zero-order valence-corrected chi connectivity index (χ0v) is 19.3. The van der Waals surface area contributed by atoms with Crippen LogP contribution in [0.3, 0.4) is 0 Å². The van der Waals surface area contributed by atoms with E-state index in [0.29, 0.717) is 17.8 Å². The highest BCUT2D eigenvalue weighted by Gasteiger charge is 2.34. The molecular formula is C21H32IN3O2. The van der Waals surface area contributed by atoms with E-state index in [0.717, 1.165) is 36.1 Å². The van der Waals surface area contributed by atoms with E-state index in [4.69, 9.17) is 4.74 Å². The number of nitrogens with zero attached hydrogens (tertiary/aromatic N) is 3. The van der Waals surface area contributed by atoms with Crippen LogP contribution in [0, 0.1) is 17.8 Å². The Morgan fingerprint density at radius 3 is 2.81 bits per heavy atom. The molecule has 2 aromatic rings. The third kappa shape index (κ3) is 4.63. The van der Waals surface area contributed by atoms with Crippen LogP contribution >= 0.6 is 0 Å². The van der Waals surface area contributed by atoms with Gasteiger partial charge in [0.1, 0.15) is 6.10 Å². The number of halogens is 1. The summed E-state index contributed by atoms with van der Waals surface area (Å²) in [6.45, 7) is 9.10. The number of fused-ring (bicyclic) bond motifs is 1. The van der Waals surface area contributed by atoms with E-state index in [-0.39, 0.29) is 42.6 Å². The van der Waals surface area contributed by atoms with Crippen molar-refractivity contribution in [1.82, 2.24) is 9.55 Å². The molecule has 3 rings (SSSR count). The number of hydrogen-bond donors (Lipinski definition) is 0. The van der Waals surface area contributed by atoms with Crippen LogP contribution in [0.25, 0.3) is 11.0 Å². The molecule has 1 aliphatic carbocycles. The molecular weight excluding hydrogens is 453 g/mol. The summed E-state index contributed by atoms with van der Waals surface area (Å²) in [5.74, 6) is 2.62. The molecule has 2 heterocycles. The van der Waals surface area contributed by atoms with Crippen LogP contribution in [0.4, 0.5) is 0 Å². The smallest absolute Gasteiger partial charge is 0.348 e. The lowest BCUT2D eigenvalue weighted by molar-refractivity contribution is -0.653. The molecule has 5 nitrogen and oxygen atoms in total. The first kappa shape index (κ1) is 22.1. The summed E-state index contributed by atoms with van der Waals surface area (Å²) in [7, 11) is 2.04. The molecule has 150 valence electrons. The predicted octanol–water partition coefficient (Wildman–Crippen LogP) is 0.431. The number of aromatic nitrogens is 3. The summed E-state index contributed by atoms with van der Waals surface area (Å²) in [5, 5.41) is 0. The first-order valence-corrected chi connectivity index (χ1v) is 9.92. The number of carbonyl (C=O) groups excluding carboxylic acids is 1. The number of ether oxygens (including phenoxy) is 1. The summed E-state index contributed by atoms with van der Waals surface area (Å²) >= 11 is 0. The van der Waals surface area contributed by atoms with Gasteiger partial charge in [0, 0.05) is 18.7 Å². The van der Waals surface area contributed by atoms with Crippen LogP contribution in [0.5, 0.6) is 0 Å². The minimum Gasteiger partial charge on any atom is -1.00 e. The molecule has 27 heavy (non-hydrogen) atoms. The Balaban J connectivity index is 0.00000261. The van der Waals surface area contributed by atoms with E-state index in [1.165, 1.54) is 6.42 Å². The minimum atomic E-state index is -0.134. The lowest BCUT2D eigenvalue weighted by atomic mass is 9.75. The van der Waals surface area contributed by atoms with Crippen LogP contribution in [0.1, 0.15) is 52.8 Å². The quantitative estimate of drug-likeness (QED) is 0.351. The Bertz CT molecular complexity index is 787. The van der Waals surface area contributed by atoms with Crippen LogP contribution in [-0.2, 0) is 29.5 Å². The molecule has 3 atom stereocenters. The normalized spacial score (nSPS) is 22.7. The highest BCUT2D eigenvalue weighted by molar-refractivity contribution is 5.75. The number of pyridine rings is 1. The first-order chi connectivity index (χ1) is 12.4. The Morgan fingerprint density at radius 1 is 1.41 bits per heavy atom. The van der Waals surface area contributed by atoms with Crippen LogP contribution in [0.2, 0.25) is 0 Å². The van der Waals surface area contributed by atoms with Crippen LogP contribution < -0.4 is 28.5 Å². The molecule has 0 aromatic carbocycles. The van der Waals surface area contributed by atoms with Gasteiger partial charge in [0.15, 0.2) is 17.6 Å². The lowest BCUT2D eigenvalue weighted by Crippen LogP contribution is -3.00. The zero-order chi connectivity index (χ0) is 18.8. The van der Waals surface area contributed by atoms with Crippen molar-refractivity contribution in [2.75, 3.05) is 0 Å². The third-order valence-electron chi connectivity index (χ3n) is 5.98. The summed E-state index contributed by atoms with van der Waals surface area (Å²) < 4.78 is 10.2. The molecule has 0 saturated heterocycles. The van der Waals surface area contributed by atoms with Gasteiger partial charge in [-0.1, -0.05) is 34.1 Å². The Kier molecular flexibility index (Phi) is 7.65. The van der Waals surface area contributed by atoms with Gasteiger partial charge in [0.25, 0.3) is 5.82 Å². The topological polar surface area (TPSA) is 48.0 Å². The fourth-order valence-corrected chi connectivity index (χ4v) is 4.52. The number of aryl methyl sites for hydroxylation is 1. The molecule has 6 heteroatoms. The number of esters is 1. The third-order valence-corrected chi connectivity index (χ3v) is 5.98. The fourth-order valence-electron chi connectivity index (χ4n) is 4.52. The number of imidazole rings is 1. The second-order valence-electron chi connectivity index (χ2n) is 8.13. The van der Waals surface area contributed by atoms with E-state index < -0.39 is 0 Å². The SMILES string of the molecule is CCc1n(CC(=O)O[C@@H]2C[C@H](C)CC[C@H]2C(C)C)c2cnccc2[n+]1C.[I-]. The molecule has 0 unspecified atom stereocenters. The van der Waals surface area contributed by atoms with Crippen molar-refractivity contribution in [2.45, 2.75) is 66.0 Å². The molecule has 1 fully saturated rings. The molecule has 1 saturated carbocycles. The van der Waals surface area contributed by atoms with Gasteiger partial charge in [-0.3, -0.25) is 4.98 Å². The molecule has 0 N–H and O–H groups in total. The van der Waals surface area contributed by atoms with Gasteiger partial charge in [-0.05, 0) is 30.6 Å².